The summed E-state index contributed by atoms with van der Waals surface area (Å²) in [5, 5.41) is 5.50. The van der Waals surface area contributed by atoms with Crippen molar-refractivity contribution in [1.82, 2.24) is 5.32 Å². The van der Waals surface area contributed by atoms with Gasteiger partial charge >= 0.3 is 0 Å². The van der Waals surface area contributed by atoms with E-state index in [4.69, 9.17) is 27.6 Å². The first kappa shape index (κ1) is 11.8. The molecule has 0 spiro atoms. The second kappa shape index (κ2) is 5.09. The Balaban J connectivity index is 2.33. The molecule has 2 aromatic rings. The fraction of sp³-hybridized carbons (Fsp3) is 0.333. The third kappa shape index (κ3) is 2.34. The first-order valence-corrected chi connectivity index (χ1v) is 6.03. The van der Waals surface area contributed by atoms with Crippen LogP contribution in [0.4, 0.5) is 0 Å². The lowest BCUT2D eigenvalue weighted by Crippen LogP contribution is -2.15. The summed E-state index contributed by atoms with van der Waals surface area (Å²) >= 11 is 12.1. The molecule has 0 aliphatic rings. The third-order valence-corrected chi connectivity index (χ3v) is 3.01. The molecule has 0 amide bonds. The van der Waals surface area contributed by atoms with Gasteiger partial charge in [0, 0.05) is 22.0 Å². The predicted octanol–water partition coefficient (Wildman–Crippen LogP) is 3.89. The minimum Gasteiger partial charge on any atom is -0.464 e. The van der Waals surface area contributed by atoms with Crippen molar-refractivity contribution in [1.29, 1.82) is 0 Å². The maximum Gasteiger partial charge on any atom is 0.137 e. The molecule has 1 N–H and O–H groups in total. The van der Waals surface area contributed by atoms with Crippen LogP contribution in [0.2, 0.25) is 10.0 Å². The monoisotopic (exact) mass is 257 g/mol. The van der Waals surface area contributed by atoms with Gasteiger partial charge in [0.1, 0.15) is 5.58 Å². The molecule has 4 heteroatoms. The van der Waals surface area contributed by atoms with Crippen molar-refractivity contribution in [3.8, 4) is 0 Å². The van der Waals surface area contributed by atoms with E-state index in [1.807, 2.05) is 0 Å². The molecule has 1 aromatic carbocycles. The van der Waals surface area contributed by atoms with Crippen LogP contribution in [0.1, 0.15) is 12.5 Å². The summed E-state index contributed by atoms with van der Waals surface area (Å²) in [5.41, 5.74) is 1.88. The van der Waals surface area contributed by atoms with E-state index in [2.05, 4.69) is 12.2 Å². The van der Waals surface area contributed by atoms with E-state index >= 15 is 0 Å². The fourth-order valence-corrected chi connectivity index (χ4v) is 2.33. The van der Waals surface area contributed by atoms with Gasteiger partial charge < -0.3 is 9.73 Å². The van der Waals surface area contributed by atoms with Gasteiger partial charge in [0.2, 0.25) is 0 Å². The summed E-state index contributed by atoms with van der Waals surface area (Å²) in [6, 6.07) is 3.54. The number of rotatable bonds is 4. The van der Waals surface area contributed by atoms with Crippen molar-refractivity contribution in [2.45, 2.75) is 13.3 Å². The maximum atomic E-state index is 6.16. The lowest BCUT2D eigenvalue weighted by Gasteiger charge is -2.01. The molecule has 1 aromatic heterocycles. The van der Waals surface area contributed by atoms with Gasteiger partial charge in [0.05, 0.1) is 11.3 Å². The smallest absolute Gasteiger partial charge is 0.137 e. The number of furan rings is 1. The number of benzene rings is 1. The molecule has 0 aliphatic carbocycles. The third-order valence-electron chi connectivity index (χ3n) is 2.49. The van der Waals surface area contributed by atoms with E-state index in [0.717, 1.165) is 36.0 Å². The summed E-state index contributed by atoms with van der Waals surface area (Å²) in [6.45, 7) is 3.97. The fourth-order valence-electron chi connectivity index (χ4n) is 1.73. The standard InChI is InChI=1S/C12H13Cl2NO/c1-2-15-4-3-8-7-16-11-6-9(13)5-10(14)12(8)11/h5-7,15H,2-4H2,1H3. The van der Waals surface area contributed by atoms with Crippen LogP contribution in [-0.2, 0) is 6.42 Å². The van der Waals surface area contributed by atoms with Gasteiger partial charge in [-0.15, -0.1) is 0 Å². The molecule has 0 aliphatic heterocycles. The molecular formula is C12H13Cl2NO. The summed E-state index contributed by atoms with van der Waals surface area (Å²) in [5.74, 6) is 0. The van der Waals surface area contributed by atoms with E-state index in [0.29, 0.717) is 10.0 Å². The van der Waals surface area contributed by atoms with Crippen LogP contribution in [0.25, 0.3) is 11.0 Å². The van der Waals surface area contributed by atoms with Crippen molar-refractivity contribution in [2.24, 2.45) is 0 Å². The molecule has 0 bridgehead atoms. The Kier molecular flexibility index (Phi) is 3.74. The van der Waals surface area contributed by atoms with Crippen molar-refractivity contribution in [3.63, 3.8) is 0 Å². The second-order valence-electron chi connectivity index (χ2n) is 3.63. The number of halogens is 2. The Hall–Kier alpha value is -0.700. The van der Waals surface area contributed by atoms with Gasteiger partial charge in [0.15, 0.2) is 0 Å². The van der Waals surface area contributed by atoms with Crippen LogP contribution >= 0.6 is 23.2 Å². The molecule has 0 radical (unpaired) electrons. The first-order valence-electron chi connectivity index (χ1n) is 5.28. The maximum absolute atomic E-state index is 6.16. The number of hydrogen-bond acceptors (Lipinski definition) is 2. The van der Waals surface area contributed by atoms with Crippen LogP contribution in [0, 0.1) is 0 Å². The lowest BCUT2D eigenvalue weighted by molar-refractivity contribution is 0.607. The Morgan fingerprint density at radius 3 is 2.88 bits per heavy atom. The zero-order valence-electron chi connectivity index (χ0n) is 9.02. The lowest BCUT2D eigenvalue weighted by atomic mass is 10.1. The van der Waals surface area contributed by atoms with Gasteiger partial charge in [-0.1, -0.05) is 30.1 Å². The molecule has 2 nitrogen and oxygen atoms in total. The Labute approximate surface area is 105 Å². The number of fused-ring (bicyclic) bond motifs is 1. The minimum atomic E-state index is 0.602. The average Bonchev–Trinajstić information content (AvgIpc) is 2.62. The zero-order valence-corrected chi connectivity index (χ0v) is 10.5. The van der Waals surface area contributed by atoms with Crippen LogP contribution < -0.4 is 5.32 Å². The average molecular weight is 258 g/mol. The second-order valence-corrected chi connectivity index (χ2v) is 4.47. The van der Waals surface area contributed by atoms with Crippen LogP contribution in [0.3, 0.4) is 0 Å². The largest absolute Gasteiger partial charge is 0.464 e. The van der Waals surface area contributed by atoms with E-state index in [9.17, 15) is 0 Å². The van der Waals surface area contributed by atoms with Gasteiger partial charge in [-0.25, -0.2) is 0 Å². The molecule has 0 unspecified atom stereocenters. The first-order chi connectivity index (χ1) is 7.72. The highest BCUT2D eigenvalue weighted by Crippen LogP contribution is 2.32. The highest BCUT2D eigenvalue weighted by atomic mass is 35.5. The molecule has 16 heavy (non-hydrogen) atoms. The van der Waals surface area contributed by atoms with Gasteiger partial charge in [0.25, 0.3) is 0 Å². The SMILES string of the molecule is CCNCCc1coc2cc(Cl)cc(Cl)c12. The summed E-state index contributed by atoms with van der Waals surface area (Å²) in [4.78, 5) is 0. The highest BCUT2D eigenvalue weighted by Gasteiger charge is 2.10. The topological polar surface area (TPSA) is 25.2 Å². The van der Waals surface area contributed by atoms with Gasteiger partial charge in [-0.05, 0) is 25.6 Å². The molecule has 0 saturated heterocycles. The van der Waals surface area contributed by atoms with Crippen LogP contribution in [0.5, 0.6) is 0 Å². The molecule has 0 atom stereocenters. The van der Waals surface area contributed by atoms with Gasteiger partial charge in [-0.3, -0.25) is 0 Å². The number of hydrogen-bond donors (Lipinski definition) is 1. The van der Waals surface area contributed by atoms with Crippen molar-refractivity contribution >= 4 is 34.2 Å². The number of nitrogens with one attached hydrogen (secondary N) is 1. The zero-order chi connectivity index (χ0) is 11.5. The van der Waals surface area contributed by atoms with E-state index in [1.165, 1.54) is 0 Å². The van der Waals surface area contributed by atoms with E-state index < -0.39 is 0 Å². The number of likely N-dealkylation sites (N-methyl/N-ethyl adjacent to an activating group) is 1. The highest BCUT2D eigenvalue weighted by molar-refractivity contribution is 6.38. The van der Waals surface area contributed by atoms with E-state index in [1.54, 1.807) is 18.4 Å². The molecule has 0 fully saturated rings. The normalized spacial score (nSPS) is 11.2. The molecule has 0 saturated carbocycles. The van der Waals surface area contributed by atoms with Crippen molar-refractivity contribution < 1.29 is 4.42 Å². The summed E-state index contributed by atoms with van der Waals surface area (Å²) in [7, 11) is 0. The van der Waals surface area contributed by atoms with E-state index in [-0.39, 0.29) is 0 Å². The molecular weight excluding hydrogens is 245 g/mol. The van der Waals surface area contributed by atoms with Crippen molar-refractivity contribution in [3.05, 3.63) is 34.0 Å². The molecule has 2 rings (SSSR count). The predicted molar refractivity (Wildman–Crippen MR) is 68.5 cm³/mol. The molecule has 1 heterocycles. The quantitative estimate of drug-likeness (QED) is 0.841. The van der Waals surface area contributed by atoms with Crippen molar-refractivity contribution in [2.75, 3.05) is 13.1 Å². The van der Waals surface area contributed by atoms with Crippen LogP contribution in [0.15, 0.2) is 22.8 Å². The van der Waals surface area contributed by atoms with Gasteiger partial charge in [-0.2, -0.15) is 0 Å². The summed E-state index contributed by atoms with van der Waals surface area (Å²) in [6.07, 6.45) is 2.66. The Morgan fingerprint density at radius 2 is 2.12 bits per heavy atom. The molecule has 86 valence electrons. The summed E-state index contributed by atoms with van der Waals surface area (Å²) < 4.78 is 5.44. The Bertz CT molecular complexity index is 493. The Morgan fingerprint density at radius 1 is 1.31 bits per heavy atom. The van der Waals surface area contributed by atoms with Crippen LogP contribution in [-0.4, -0.2) is 13.1 Å². The minimum absolute atomic E-state index is 0.602.